The number of benzene rings is 1. The largest absolute Gasteiger partial charge is 0.347 e. The number of fused-ring (bicyclic) bond motifs is 2. The second kappa shape index (κ2) is 4.06. The quantitative estimate of drug-likeness (QED) is 0.764. The minimum Gasteiger partial charge on any atom is -0.347 e. The highest BCUT2D eigenvalue weighted by Gasteiger charge is 2.52. The van der Waals surface area contributed by atoms with Gasteiger partial charge < -0.3 is 15.5 Å². The summed E-state index contributed by atoms with van der Waals surface area (Å²) in [6.07, 6.45) is 0.521. The highest BCUT2D eigenvalue weighted by atomic mass is 16.2. The fourth-order valence-electron chi connectivity index (χ4n) is 3.03. The van der Waals surface area contributed by atoms with Gasteiger partial charge in [-0.15, -0.1) is 0 Å². The summed E-state index contributed by atoms with van der Waals surface area (Å²) < 4.78 is 0. The Balaban J connectivity index is 1.94. The van der Waals surface area contributed by atoms with Crippen LogP contribution in [0.3, 0.4) is 0 Å². The molecule has 0 aromatic heterocycles. The minimum absolute atomic E-state index is 0.00439. The molecule has 3 rings (SSSR count). The summed E-state index contributed by atoms with van der Waals surface area (Å²) in [7, 11) is 3.47. The van der Waals surface area contributed by atoms with E-state index in [1.165, 1.54) is 0 Å². The van der Waals surface area contributed by atoms with Gasteiger partial charge in [-0.05, 0) is 18.1 Å². The second-order valence-electron chi connectivity index (χ2n) is 5.45. The SMILES string of the molecule is CN(C)C(=O)[C@H]1C[C@]2(CN1)C(=O)Nc1ccccc12. The lowest BCUT2D eigenvalue weighted by atomic mass is 9.79. The first-order valence-electron chi connectivity index (χ1n) is 6.40. The Morgan fingerprint density at radius 2 is 2.11 bits per heavy atom. The average molecular weight is 259 g/mol. The van der Waals surface area contributed by atoms with Crippen molar-refractivity contribution < 1.29 is 9.59 Å². The highest BCUT2D eigenvalue weighted by Crippen LogP contribution is 2.43. The van der Waals surface area contributed by atoms with Crippen LogP contribution in [-0.2, 0) is 15.0 Å². The van der Waals surface area contributed by atoms with Crippen molar-refractivity contribution in [2.45, 2.75) is 17.9 Å². The lowest BCUT2D eigenvalue weighted by molar-refractivity contribution is -0.130. The zero-order chi connectivity index (χ0) is 13.6. The van der Waals surface area contributed by atoms with Gasteiger partial charge in [0.25, 0.3) is 0 Å². The zero-order valence-corrected chi connectivity index (χ0v) is 11.1. The molecule has 1 spiro atoms. The van der Waals surface area contributed by atoms with Crippen LogP contribution in [-0.4, -0.2) is 43.4 Å². The molecule has 5 heteroatoms. The number of amides is 2. The summed E-state index contributed by atoms with van der Waals surface area (Å²) in [5, 5.41) is 6.10. The summed E-state index contributed by atoms with van der Waals surface area (Å²) >= 11 is 0. The Morgan fingerprint density at radius 3 is 2.84 bits per heavy atom. The first-order valence-corrected chi connectivity index (χ1v) is 6.40. The number of hydrogen-bond acceptors (Lipinski definition) is 3. The third-order valence-corrected chi connectivity index (χ3v) is 4.07. The standard InChI is InChI=1S/C14H17N3O2/c1-17(2)12(18)11-7-14(8-15-11)9-5-3-4-6-10(9)16-13(14)19/h3-6,11,15H,7-8H2,1-2H3,(H,16,19)/t11-,14-/m1/s1. The van der Waals surface area contributed by atoms with Crippen LogP contribution in [0.5, 0.6) is 0 Å². The molecular weight excluding hydrogens is 242 g/mol. The molecular formula is C14H17N3O2. The highest BCUT2D eigenvalue weighted by molar-refractivity contribution is 6.07. The monoisotopic (exact) mass is 259 g/mol. The summed E-state index contributed by atoms with van der Waals surface area (Å²) in [5.41, 5.74) is 1.28. The predicted molar refractivity (Wildman–Crippen MR) is 71.9 cm³/mol. The lowest BCUT2D eigenvalue weighted by Crippen LogP contribution is -2.39. The van der Waals surface area contributed by atoms with Crippen molar-refractivity contribution in [3.05, 3.63) is 29.8 Å². The number of anilines is 1. The molecule has 1 aromatic rings. The van der Waals surface area contributed by atoms with E-state index in [1.807, 2.05) is 24.3 Å². The van der Waals surface area contributed by atoms with Gasteiger partial charge in [-0.2, -0.15) is 0 Å². The number of likely N-dealkylation sites (N-methyl/N-ethyl adjacent to an activating group) is 1. The second-order valence-corrected chi connectivity index (χ2v) is 5.45. The van der Waals surface area contributed by atoms with Crippen LogP contribution in [0.1, 0.15) is 12.0 Å². The number of para-hydroxylation sites is 1. The molecule has 2 aliphatic heterocycles. The maximum Gasteiger partial charge on any atom is 0.239 e. The van der Waals surface area contributed by atoms with Gasteiger partial charge in [0.2, 0.25) is 11.8 Å². The summed E-state index contributed by atoms with van der Waals surface area (Å²) in [4.78, 5) is 25.9. The Kier molecular flexibility index (Phi) is 2.60. The van der Waals surface area contributed by atoms with Crippen LogP contribution in [0.15, 0.2) is 24.3 Å². The average Bonchev–Trinajstić information content (AvgIpc) is 2.94. The Hall–Kier alpha value is -1.88. The molecule has 0 radical (unpaired) electrons. The van der Waals surface area contributed by atoms with E-state index in [4.69, 9.17) is 0 Å². The van der Waals surface area contributed by atoms with Gasteiger partial charge in [-0.3, -0.25) is 9.59 Å². The van der Waals surface area contributed by atoms with Gasteiger partial charge in [-0.25, -0.2) is 0 Å². The molecule has 1 fully saturated rings. The third-order valence-electron chi connectivity index (χ3n) is 4.07. The molecule has 1 aromatic carbocycles. The normalized spacial score (nSPS) is 28.3. The first-order chi connectivity index (χ1) is 9.04. The van der Waals surface area contributed by atoms with Crippen molar-refractivity contribution in [1.29, 1.82) is 0 Å². The number of nitrogens with one attached hydrogen (secondary N) is 2. The Labute approximate surface area is 112 Å². The van der Waals surface area contributed by atoms with Crippen molar-refractivity contribution >= 4 is 17.5 Å². The van der Waals surface area contributed by atoms with Gasteiger partial charge >= 0.3 is 0 Å². The van der Waals surface area contributed by atoms with E-state index < -0.39 is 5.41 Å². The van der Waals surface area contributed by atoms with Crippen LogP contribution in [0.2, 0.25) is 0 Å². The molecule has 0 aliphatic carbocycles. The number of hydrogen-bond donors (Lipinski definition) is 2. The number of nitrogens with zero attached hydrogens (tertiary/aromatic N) is 1. The van der Waals surface area contributed by atoms with Crippen molar-refractivity contribution in [3.8, 4) is 0 Å². The van der Waals surface area contributed by atoms with Crippen molar-refractivity contribution in [1.82, 2.24) is 10.2 Å². The van der Waals surface area contributed by atoms with Gasteiger partial charge in [-0.1, -0.05) is 18.2 Å². The molecule has 2 amide bonds. The maximum absolute atomic E-state index is 12.3. The number of carbonyl (C=O) groups is 2. The summed E-state index contributed by atoms with van der Waals surface area (Å²) in [5.74, 6) is 0.0179. The minimum atomic E-state index is -0.590. The maximum atomic E-state index is 12.3. The van der Waals surface area contributed by atoms with Crippen LogP contribution < -0.4 is 10.6 Å². The van der Waals surface area contributed by atoms with Gasteiger partial charge in [0.1, 0.15) is 0 Å². The topological polar surface area (TPSA) is 61.4 Å². The Morgan fingerprint density at radius 1 is 1.37 bits per heavy atom. The molecule has 2 N–H and O–H groups in total. The fourth-order valence-corrected chi connectivity index (χ4v) is 3.03. The van der Waals surface area contributed by atoms with E-state index in [0.717, 1.165) is 11.3 Å². The molecule has 2 atom stereocenters. The van der Waals surface area contributed by atoms with Crippen LogP contribution in [0.25, 0.3) is 0 Å². The van der Waals surface area contributed by atoms with Crippen molar-refractivity contribution in [2.75, 3.05) is 26.0 Å². The molecule has 0 bridgehead atoms. The smallest absolute Gasteiger partial charge is 0.239 e. The molecule has 1 saturated heterocycles. The van der Waals surface area contributed by atoms with E-state index >= 15 is 0 Å². The van der Waals surface area contributed by atoms with E-state index in [2.05, 4.69) is 10.6 Å². The summed E-state index contributed by atoms with van der Waals surface area (Å²) in [6.45, 7) is 0.514. The van der Waals surface area contributed by atoms with Gasteiger partial charge in [0.05, 0.1) is 11.5 Å². The van der Waals surface area contributed by atoms with Crippen LogP contribution >= 0.6 is 0 Å². The van der Waals surface area contributed by atoms with E-state index in [9.17, 15) is 9.59 Å². The molecule has 0 unspecified atom stereocenters. The Bertz CT molecular complexity index is 555. The molecule has 100 valence electrons. The van der Waals surface area contributed by atoms with Crippen LogP contribution in [0.4, 0.5) is 5.69 Å². The predicted octanol–water partition coefficient (Wildman–Crippen LogP) is 0.327. The van der Waals surface area contributed by atoms with Crippen molar-refractivity contribution in [3.63, 3.8) is 0 Å². The molecule has 2 aliphatic rings. The number of carbonyl (C=O) groups excluding carboxylic acids is 2. The van der Waals surface area contributed by atoms with E-state index in [-0.39, 0.29) is 17.9 Å². The summed E-state index contributed by atoms with van der Waals surface area (Å²) in [6, 6.07) is 7.43. The molecule has 19 heavy (non-hydrogen) atoms. The van der Waals surface area contributed by atoms with Gasteiger partial charge in [0, 0.05) is 26.3 Å². The molecule has 2 heterocycles. The fraction of sp³-hybridized carbons (Fsp3) is 0.429. The number of rotatable bonds is 1. The van der Waals surface area contributed by atoms with E-state index in [0.29, 0.717) is 13.0 Å². The first kappa shape index (κ1) is 12.2. The molecule has 5 nitrogen and oxygen atoms in total. The zero-order valence-electron chi connectivity index (χ0n) is 11.1. The van der Waals surface area contributed by atoms with Gasteiger partial charge in [0.15, 0.2) is 0 Å². The third kappa shape index (κ3) is 1.65. The molecule has 0 saturated carbocycles. The van der Waals surface area contributed by atoms with Crippen molar-refractivity contribution in [2.24, 2.45) is 0 Å². The van der Waals surface area contributed by atoms with E-state index in [1.54, 1.807) is 19.0 Å². The lowest BCUT2D eigenvalue weighted by Gasteiger charge is -2.21. The van der Waals surface area contributed by atoms with Crippen LogP contribution in [0, 0.1) is 0 Å².